The van der Waals surface area contributed by atoms with Crippen LogP contribution in [0.15, 0.2) is 11.3 Å². The molecule has 0 heterocycles. The first kappa shape index (κ1) is 6.62. The molecule has 0 aliphatic heterocycles. The van der Waals surface area contributed by atoms with Crippen molar-refractivity contribution in [3.63, 3.8) is 0 Å². The van der Waals surface area contributed by atoms with Crippen molar-refractivity contribution in [2.24, 2.45) is 0 Å². The van der Waals surface area contributed by atoms with Crippen molar-refractivity contribution >= 4 is 0 Å². The summed E-state index contributed by atoms with van der Waals surface area (Å²) in [4.78, 5) is 0. The Hall–Kier alpha value is -0.500. The average molecular weight is 128 g/mol. The minimum Gasteiger partial charge on any atom is -0.512 e. The number of allylic oxidation sites excluding steroid dienone is 1. The van der Waals surface area contributed by atoms with Gasteiger partial charge in [0, 0.05) is 6.42 Å². The lowest BCUT2D eigenvalue weighted by atomic mass is 9.97. The third-order valence-corrected chi connectivity index (χ3v) is 1.77. The van der Waals surface area contributed by atoms with Crippen LogP contribution in [-0.2, 0) is 0 Å². The molecule has 0 bridgehead atoms. The first-order valence-corrected chi connectivity index (χ1v) is 3.26. The van der Waals surface area contributed by atoms with Crippen LogP contribution >= 0.6 is 0 Å². The van der Waals surface area contributed by atoms with E-state index >= 15 is 0 Å². The lowest BCUT2D eigenvalue weighted by Crippen LogP contribution is -2.13. The van der Waals surface area contributed by atoms with Gasteiger partial charge in [0.25, 0.3) is 0 Å². The number of aliphatic hydroxyl groups excluding tert-OH is 2. The van der Waals surface area contributed by atoms with Gasteiger partial charge in [0.15, 0.2) is 0 Å². The molecule has 0 spiro atoms. The van der Waals surface area contributed by atoms with Crippen LogP contribution in [-0.4, -0.2) is 16.3 Å². The summed E-state index contributed by atoms with van der Waals surface area (Å²) in [5, 5.41) is 18.1. The Labute approximate surface area is 54.8 Å². The molecule has 0 saturated heterocycles. The Bertz CT molecular complexity index is 138. The maximum Gasteiger partial charge on any atom is 0.0937 e. The third kappa shape index (κ3) is 1.45. The van der Waals surface area contributed by atoms with Crippen molar-refractivity contribution < 1.29 is 10.2 Å². The van der Waals surface area contributed by atoms with E-state index in [0.717, 1.165) is 18.4 Å². The molecule has 2 N–H and O–H groups in total. The molecular formula is C7H12O2. The highest BCUT2D eigenvalue weighted by molar-refractivity contribution is 5.09. The number of hydrogen-bond acceptors (Lipinski definition) is 2. The van der Waals surface area contributed by atoms with Crippen LogP contribution in [0.5, 0.6) is 0 Å². The minimum atomic E-state index is -0.311. The van der Waals surface area contributed by atoms with E-state index in [1.54, 1.807) is 0 Å². The van der Waals surface area contributed by atoms with E-state index in [4.69, 9.17) is 10.2 Å². The smallest absolute Gasteiger partial charge is 0.0937 e. The van der Waals surface area contributed by atoms with Crippen molar-refractivity contribution in [1.29, 1.82) is 0 Å². The Morgan fingerprint density at radius 3 is 2.67 bits per heavy atom. The second-order valence-electron chi connectivity index (χ2n) is 2.62. The van der Waals surface area contributed by atoms with Gasteiger partial charge in [0.1, 0.15) is 0 Å². The summed E-state index contributed by atoms with van der Waals surface area (Å²) in [5.41, 5.74) is 1.03. The third-order valence-electron chi connectivity index (χ3n) is 1.77. The van der Waals surface area contributed by atoms with Crippen LogP contribution in [0.2, 0.25) is 0 Å². The van der Waals surface area contributed by atoms with Gasteiger partial charge in [-0.2, -0.15) is 0 Å². The molecule has 52 valence electrons. The largest absolute Gasteiger partial charge is 0.512 e. The molecule has 2 heteroatoms. The van der Waals surface area contributed by atoms with E-state index in [1.165, 1.54) is 0 Å². The van der Waals surface area contributed by atoms with Crippen molar-refractivity contribution in [3.05, 3.63) is 11.3 Å². The fourth-order valence-corrected chi connectivity index (χ4v) is 1.03. The molecule has 0 aromatic carbocycles. The summed E-state index contributed by atoms with van der Waals surface area (Å²) in [7, 11) is 0. The van der Waals surface area contributed by atoms with Crippen LogP contribution < -0.4 is 0 Å². The lowest BCUT2D eigenvalue weighted by molar-refractivity contribution is 0.138. The summed E-state index contributed by atoms with van der Waals surface area (Å²) in [6.45, 7) is 1.90. The number of hydrogen-bond donors (Lipinski definition) is 2. The van der Waals surface area contributed by atoms with Crippen LogP contribution in [0.4, 0.5) is 0 Å². The standard InChI is InChI=1S/C7H12O2/c1-5-2-3-6(8)4-7(5)9/h6,8-9H,2-4H2,1H3. The molecular weight excluding hydrogens is 116 g/mol. The predicted molar refractivity (Wildman–Crippen MR) is 35.2 cm³/mol. The van der Waals surface area contributed by atoms with Crippen molar-refractivity contribution in [2.45, 2.75) is 32.3 Å². The molecule has 0 amide bonds. The first-order chi connectivity index (χ1) is 4.20. The van der Waals surface area contributed by atoms with Crippen LogP contribution in [0.25, 0.3) is 0 Å². The normalized spacial score (nSPS) is 28.9. The van der Waals surface area contributed by atoms with Crippen LogP contribution in [0.1, 0.15) is 26.2 Å². The molecule has 1 aliphatic rings. The summed E-state index contributed by atoms with van der Waals surface area (Å²) in [5.74, 6) is 0.383. The second-order valence-corrected chi connectivity index (χ2v) is 2.62. The zero-order valence-electron chi connectivity index (χ0n) is 5.59. The van der Waals surface area contributed by atoms with Gasteiger partial charge in [0.2, 0.25) is 0 Å². The highest BCUT2D eigenvalue weighted by Gasteiger charge is 2.14. The highest BCUT2D eigenvalue weighted by Crippen LogP contribution is 2.22. The maximum absolute atomic E-state index is 9.07. The van der Waals surface area contributed by atoms with Gasteiger partial charge in [-0.05, 0) is 25.3 Å². The van der Waals surface area contributed by atoms with Gasteiger partial charge in [-0.15, -0.1) is 0 Å². The van der Waals surface area contributed by atoms with E-state index in [1.807, 2.05) is 6.92 Å². The molecule has 2 nitrogen and oxygen atoms in total. The second kappa shape index (κ2) is 2.40. The molecule has 0 radical (unpaired) electrons. The summed E-state index contributed by atoms with van der Waals surface area (Å²) in [6, 6.07) is 0. The molecule has 9 heavy (non-hydrogen) atoms. The zero-order chi connectivity index (χ0) is 6.85. The molecule has 0 saturated carbocycles. The van der Waals surface area contributed by atoms with E-state index in [0.29, 0.717) is 12.2 Å². The topological polar surface area (TPSA) is 40.5 Å². The SMILES string of the molecule is CC1=C(O)CC(O)CC1. The summed E-state index contributed by atoms with van der Waals surface area (Å²) < 4.78 is 0. The van der Waals surface area contributed by atoms with E-state index < -0.39 is 0 Å². The van der Waals surface area contributed by atoms with Crippen molar-refractivity contribution in [1.82, 2.24) is 0 Å². The Kier molecular flexibility index (Phi) is 1.76. The fourth-order valence-electron chi connectivity index (χ4n) is 1.03. The van der Waals surface area contributed by atoms with Gasteiger partial charge in [0.05, 0.1) is 11.9 Å². The molecule has 1 rings (SSSR count). The van der Waals surface area contributed by atoms with Gasteiger partial charge in [-0.3, -0.25) is 0 Å². The number of aliphatic hydroxyl groups is 2. The Balaban J connectivity index is 2.61. The van der Waals surface area contributed by atoms with Crippen LogP contribution in [0, 0.1) is 0 Å². The predicted octanol–water partition coefficient (Wildman–Crippen LogP) is 1.36. The van der Waals surface area contributed by atoms with Gasteiger partial charge < -0.3 is 10.2 Å². The summed E-state index contributed by atoms with van der Waals surface area (Å²) >= 11 is 0. The molecule has 0 fully saturated rings. The first-order valence-electron chi connectivity index (χ1n) is 3.26. The average Bonchev–Trinajstić information content (AvgIpc) is 1.80. The Morgan fingerprint density at radius 1 is 1.56 bits per heavy atom. The molecule has 1 atom stereocenters. The van der Waals surface area contributed by atoms with Crippen molar-refractivity contribution in [3.8, 4) is 0 Å². The van der Waals surface area contributed by atoms with Gasteiger partial charge in [-0.25, -0.2) is 0 Å². The van der Waals surface area contributed by atoms with E-state index in [9.17, 15) is 0 Å². The fraction of sp³-hybridized carbons (Fsp3) is 0.714. The minimum absolute atomic E-state index is 0.311. The van der Waals surface area contributed by atoms with E-state index in [2.05, 4.69) is 0 Å². The van der Waals surface area contributed by atoms with Crippen LogP contribution in [0.3, 0.4) is 0 Å². The molecule has 1 unspecified atom stereocenters. The lowest BCUT2D eigenvalue weighted by Gasteiger charge is -2.17. The van der Waals surface area contributed by atoms with E-state index in [-0.39, 0.29) is 6.10 Å². The Morgan fingerprint density at radius 2 is 2.22 bits per heavy atom. The maximum atomic E-state index is 9.07. The molecule has 1 aliphatic carbocycles. The number of rotatable bonds is 0. The molecule has 0 aromatic heterocycles. The quantitative estimate of drug-likeness (QED) is 0.517. The van der Waals surface area contributed by atoms with Gasteiger partial charge in [-0.1, -0.05) is 0 Å². The molecule has 0 aromatic rings. The van der Waals surface area contributed by atoms with Gasteiger partial charge >= 0.3 is 0 Å². The zero-order valence-corrected chi connectivity index (χ0v) is 5.59. The highest BCUT2D eigenvalue weighted by atomic mass is 16.3. The monoisotopic (exact) mass is 128 g/mol. The van der Waals surface area contributed by atoms with Crippen molar-refractivity contribution in [2.75, 3.05) is 0 Å². The summed E-state index contributed by atoms with van der Waals surface area (Å²) in [6.07, 6.45) is 1.78.